The van der Waals surface area contributed by atoms with Gasteiger partial charge in [-0.05, 0) is 44.0 Å². The fourth-order valence-electron chi connectivity index (χ4n) is 3.01. The molecule has 1 fully saturated rings. The minimum atomic E-state index is -0.420. The third kappa shape index (κ3) is 3.73. The van der Waals surface area contributed by atoms with Crippen molar-refractivity contribution in [1.29, 1.82) is 5.26 Å². The molecule has 3 N–H and O–H groups in total. The molecule has 146 valence electrons. The van der Waals surface area contributed by atoms with Gasteiger partial charge in [0.2, 0.25) is 5.91 Å². The molecule has 1 aromatic carbocycles. The molecule has 0 unspecified atom stereocenters. The highest BCUT2D eigenvalue weighted by Crippen LogP contribution is 2.19. The predicted octanol–water partition coefficient (Wildman–Crippen LogP) is 1.28. The average Bonchev–Trinajstić information content (AvgIpc) is 3.42. The number of fused-ring (bicyclic) bond motifs is 1. The van der Waals surface area contributed by atoms with Crippen LogP contribution in [0, 0.1) is 18.3 Å². The van der Waals surface area contributed by atoms with E-state index in [0.29, 0.717) is 16.9 Å². The van der Waals surface area contributed by atoms with E-state index in [1.165, 1.54) is 6.20 Å². The number of benzene rings is 1. The Kier molecular flexibility index (Phi) is 4.60. The second-order valence-corrected chi connectivity index (χ2v) is 6.99. The van der Waals surface area contributed by atoms with Crippen LogP contribution in [-0.2, 0) is 11.2 Å². The molecule has 9 heteroatoms. The summed E-state index contributed by atoms with van der Waals surface area (Å²) in [4.78, 5) is 41.3. The maximum absolute atomic E-state index is 12.6. The number of amides is 2. The number of nitrogens with zero attached hydrogens (tertiary/aromatic N) is 3. The van der Waals surface area contributed by atoms with E-state index in [1.54, 1.807) is 31.2 Å². The fourth-order valence-corrected chi connectivity index (χ4v) is 3.01. The van der Waals surface area contributed by atoms with Crippen LogP contribution in [0.2, 0.25) is 0 Å². The number of nitrogens with one attached hydrogen (secondary N) is 3. The minimum absolute atomic E-state index is 0.129. The number of aryl methyl sites for hydroxylation is 1. The van der Waals surface area contributed by atoms with Gasteiger partial charge in [0.05, 0.1) is 6.42 Å². The van der Waals surface area contributed by atoms with Crippen molar-refractivity contribution in [3.8, 4) is 6.07 Å². The van der Waals surface area contributed by atoms with Crippen LogP contribution in [0.5, 0.6) is 0 Å². The Labute approximate surface area is 165 Å². The number of aromatic nitrogens is 3. The molecule has 2 aromatic heterocycles. The number of carbonyl (C=O) groups is 2. The van der Waals surface area contributed by atoms with Gasteiger partial charge in [-0.1, -0.05) is 0 Å². The second kappa shape index (κ2) is 7.24. The van der Waals surface area contributed by atoms with Gasteiger partial charge in [-0.3, -0.25) is 19.5 Å². The summed E-state index contributed by atoms with van der Waals surface area (Å²) in [6.45, 7) is 1.63. The number of H-pyrrole nitrogens is 1. The molecule has 1 saturated carbocycles. The van der Waals surface area contributed by atoms with Crippen LogP contribution in [0.1, 0.15) is 40.0 Å². The first kappa shape index (κ1) is 18.4. The van der Waals surface area contributed by atoms with Crippen molar-refractivity contribution in [2.45, 2.75) is 32.2 Å². The molecule has 0 spiro atoms. The smallest absolute Gasteiger partial charge is 0.276 e. The first-order valence-electron chi connectivity index (χ1n) is 9.17. The van der Waals surface area contributed by atoms with Crippen molar-refractivity contribution in [3.05, 3.63) is 63.2 Å². The molecule has 0 radical (unpaired) electrons. The lowest BCUT2D eigenvalue weighted by Crippen LogP contribution is -2.26. The summed E-state index contributed by atoms with van der Waals surface area (Å²) >= 11 is 0. The van der Waals surface area contributed by atoms with Gasteiger partial charge in [-0.15, -0.1) is 0 Å². The summed E-state index contributed by atoms with van der Waals surface area (Å²) < 4.78 is 1.15. The monoisotopic (exact) mass is 390 g/mol. The van der Waals surface area contributed by atoms with Crippen molar-refractivity contribution < 1.29 is 9.59 Å². The van der Waals surface area contributed by atoms with Gasteiger partial charge >= 0.3 is 0 Å². The normalized spacial score (nSPS) is 13.1. The molecule has 0 bridgehead atoms. The number of rotatable bonds is 5. The van der Waals surface area contributed by atoms with Crippen molar-refractivity contribution >= 4 is 23.1 Å². The topological polar surface area (TPSA) is 132 Å². The van der Waals surface area contributed by atoms with Gasteiger partial charge in [0.1, 0.15) is 11.6 Å². The zero-order valence-corrected chi connectivity index (χ0v) is 15.7. The Bertz CT molecular complexity index is 1210. The summed E-state index contributed by atoms with van der Waals surface area (Å²) in [7, 11) is 0. The van der Waals surface area contributed by atoms with Gasteiger partial charge in [-0.25, -0.2) is 9.50 Å². The first-order valence-corrected chi connectivity index (χ1v) is 9.17. The van der Waals surface area contributed by atoms with E-state index in [2.05, 4.69) is 20.7 Å². The Morgan fingerprint density at radius 2 is 2.03 bits per heavy atom. The Hall–Kier alpha value is -3.93. The summed E-state index contributed by atoms with van der Waals surface area (Å²) in [5, 5.41) is 17.4. The maximum Gasteiger partial charge on any atom is 0.276 e. The van der Waals surface area contributed by atoms with Gasteiger partial charge in [0, 0.05) is 34.7 Å². The van der Waals surface area contributed by atoms with Gasteiger partial charge in [0.15, 0.2) is 5.65 Å². The van der Waals surface area contributed by atoms with E-state index in [9.17, 15) is 14.4 Å². The van der Waals surface area contributed by atoms with E-state index in [-0.39, 0.29) is 41.1 Å². The van der Waals surface area contributed by atoms with Gasteiger partial charge in [0.25, 0.3) is 11.5 Å². The van der Waals surface area contributed by atoms with Crippen LogP contribution in [0.15, 0.2) is 35.3 Å². The SMILES string of the molecule is Cc1nc2c(C#N)c[nH]n2c(=O)c1CC(=O)Nc1ccc(C(=O)NC2CC2)cc1. The molecule has 0 saturated heterocycles. The minimum Gasteiger partial charge on any atom is -0.349 e. The van der Waals surface area contributed by atoms with Crippen molar-refractivity contribution in [3.63, 3.8) is 0 Å². The van der Waals surface area contributed by atoms with E-state index in [4.69, 9.17) is 5.26 Å². The third-order valence-corrected chi connectivity index (χ3v) is 4.76. The van der Waals surface area contributed by atoms with E-state index < -0.39 is 5.56 Å². The van der Waals surface area contributed by atoms with Crippen molar-refractivity contribution in [1.82, 2.24) is 19.9 Å². The Morgan fingerprint density at radius 1 is 1.31 bits per heavy atom. The molecule has 9 nitrogen and oxygen atoms in total. The highest BCUT2D eigenvalue weighted by atomic mass is 16.2. The number of carbonyl (C=O) groups excluding carboxylic acids is 2. The molecular weight excluding hydrogens is 372 g/mol. The van der Waals surface area contributed by atoms with E-state index >= 15 is 0 Å². The maximum atomic E-state index is 12.6. The number of anilines is 1. The predicted molar refractivity (Wildman–Crippen MR) is 105 cm³/mol. The molecule has 4 rings (SSSR count). The van der Waals surface area contributed by atoms with Crippen LogP contribution in [-0.4, -0.2) is 32.5 Å². The standard InChI is InChI=1S/C20H18N6O3/c1-11-16(20(29)26-18(23-11)13(9-21)10-22-26)8-17(27)24-14-4-2-12(3-5-14)19(28)25-15-6-7-15/h2-5,10,15,22H,6-8H2,1H3,(H,24,27)(H,25,28). The average molecular weight is 390 g/mol. The van der Waals surface area contributed by atoms with Crippen molar-refractivity contribution in [2.24, 2.45) is 0 Å². The Balaban J connectivity index is 1.48. The highest BCUT2D eigenvalue weighted by molar-refractivity contribution is 5.96. The molecule has 2 heterocycles. The summed E-state index contributed by atoms with van der Waals surface area (Å²) in [5.74, 6) is -0.509. The van der Waals surface area contributed by atoms with Crippen LogP contribution in [0.3, 0.4) is 0 Å². The third-order valence-electron chi connectivity index (χ3n) is 4.76. The number of hydrogen-bond acceptors (Lipinski definition) is 5. The molecule has 0 aliphatic heterocycles. The van der Waals surface area contributed by atoms with Crippen LogP contribution in [0.4, 0.5) is 5.69 Å². The van der Waals surface area contributed by atoms with Crippen molar-refractivity contribution in [2.75, 3.05) is 5.32 Å². The second-order valence-electron chi connectivity index (χ2n) is 6.99. The molecule has 2 amide bonds. The van der Waals surface area contributed by atoms with E-state index in [0.717, 1.165) is 17.4 Å². The van der Waals surface area contributed by atoms with Crippen LogP contribution >= 0.6 is 0 Å². The lowest BCUT2D eigenvalue weighted by molar-refractivity contribution is -0.115. The lowest BCUT2D eigenvalue weighted by atomic mass is 10.1. The van der Waals surface area contributed by atoms with Crippen LogP contribution < -0.4 is 16.2 Å². The lowest BCUT2D eigenvalue weighted by Gasteiger charge is -2.08. The summed E-state index contributed by atoms with van der Waals surface area (Å²) in [6.07, 6.45) is 3.26. The molecule has 29 heavy (non-hydrogen) atoms. The first-order chi connectivity index (χ1) is 14.0. The fraction of sp³-hybridized carbons (Fsp3) is 0.250. The quantitative estimate of drug-likeness (QED) is 0.604. The molecule has 3 aromatic rings. The number of nitriles is 1. The molecule has 1 aliphatic carbocycles. The largest absolute Gasteiger partial charge is 0.349 e. The molecule has 1 aliphatic rings. The van der Waals surface area contributed by atoms with Gasteiger partial charge in [-0.2, -0.15) is 5.26 Å². The molecule has 0 atom stereocenters. The molecular formula is C20H18N6O3. The Morgan fingerprint density at radius 3 is 2.69 bits per heavy atom. The number of aromatic amines is 1. The zero-order chi connectivity index (χ0) is 20.5. The van der Waals surface area contributed by atoms with Gasteiger partial charge < -0.3 is 10.6 Å². The summed E-state index contributed by atoms with van der Waals surface area (Å²) in [6, 6.07) is 8.81. The highest BCUT2D eigenvalue weighted by Gasteiger charge is 2.23. The van der Waals surface area contributed by atoms with Crippen LogP contribution in [0.25, 0.3) is 5.65 Å². The number of hydrogen-bond donors (Lipinski definition) is 3. The summed E-state index contributed by atoms with van der Waals surface area (Å²) in [5.41, 5.74) is 1.76. The van der Waals surface area contributed by atoms with E-state index in [1.807, 2.05) is 6.07 Å². The zero-order valence-electron chi connectivity index (χ0n) is 15.7.